The van der Waals surface area contributed by atoms with E-state index in [0.717, 1.165) is 18.2 Å². The van der Waals surface area contributed by atoms with Crippen molar-refractivity contribution in [2.24, 2.45) is 0 Å². The molecule has 0 bridgehead atoms. The van der Waals surface area contributed by atoms with Crippen LogP contribution in [0.3, 0.4) is 0 Å². The number of aromatic nitrogens is 1. The lowest BCUT2D eigenvalue weighted by molar-refractivity contribution is -0.385. The van der Waals surface area contributed by atoms with Crippen molar-refractivity contribution in [2.75, 3.05) is 0 Å². The minimum atomic E-state index is -4.62. The number of rotatable bonds is 4. The largest absolute Gasteiger partial charge is 0.417 e. The van der Waals surface area contributed by atoms with E-state index in [1.165, 1.54) is 6.07 Å². The number of ketones is 1. The molecular formula is C15H7ClF3N3O3. The van der Waals surface area contributed by atoms with Crippen LogP contribution in [-0.4, -0.2) is 15.7 Å². The van der Waals surface area contributed by atoms with Gasteiger partial charge in [-0.15, -0.1) is 0 Å². The van der Waals surface area contributed by atoms with Gasteiger partial charge < -0.3 is 0 Å². The maximum absolute atomic E-state index is 12.5. The second kappa shape index (κ2) is 6.86. The third-order valence-electron chi connectivity index (χ3n) is 3.22. The maximum atomic E-state index is 12.5. The summed E-state index contributed by atoms with van der Waals surface area (Å²) in [7, 11) is 0. The number of hydrogen-bond donors (Lipinski definition) is 0. The molecule has 1 aromatic carbocycles. The van der Waals surface area contributed by atoms with Gasteiger partial charge in [-0.3, -0.25) is 19.9 Å². The molecule has 1 aromatic heterocycles. The van der Waals surface area contributed by atoms with Crippen LogP contribution >= 0.6 is 11.6 Å². The third kappa shape index (κ3) is 3.92. The molecule has 0 saturated heterocycles. The number of halogens is 4. The molecule has 0 spiro atoms. The van der Waals surface area contributed by atoms with E-state index in [0.29, 0.717) is 12.3 Å². The molecule has 0 N–H and O–H groups in total. The zero-order valence-corrected chi connectivity index (χ0v) is 12.9. The third-order valence-corrected chi connectivity index (χ3v) is 3.46. The van der Waals surface area contributed by atoms with E-state index in [-0.39, 0.29) is 16.3 Å². The number of nitriles is 1. The summed E-state index contributed by atoms with van der Waals surface area (Å²) in [6.45, 7) is 0. The highest BCUT2D eigenvalue weighted by atomic mass is 35.5. The van der Waals surface area contributed by atoms with Crippen LogP contribution in [0.1, 0.15) is 27.5 Å². The summed E-state index contributed by atoms with van der Waals surface area (Å²) in [6, 6.07) is 6.43. The van der Waals surface area contributed by atoms with Gasteiger partial charge in [0.15, 0.2) is 11.7 Å². The molecule has 0 fully saturated rings. The van der Waals surface area contributed by atoms with Gasteiger partial charge in [0, 0.05) is 17.3 Å². The number of pyridine rings is 1. The van der Waals surface area contributed by atoms with Crippen LogP contribution in [0.25, 0.3) is 0 Å². The summed E-state index contributed by atoms with van der Waals surface area (Å²) in [5.74, 6) is -2.56. The zero-order chi connectivity index (χ0) is 18.8. The van der Waals surface area contributed by atoms with E-state index in [4.69, 9.17) is 11.6 Å². The molecule has 6 nitrogen and oxygen atoms in total. The van der Waals surface area contributed by atoms with E-state index in [9.17, 15) is 33.3 Å². The lowest BCUT2D eigenvalue weighted by Crippen LogP contribution is -2.15. The van der Waals surface area contributed by atoms with Crippen molar-refractivity contribution in [3.05, 3.63) is 68.5 Å². The standard InChI is InChI=1S/C15H7ClF3N3O3/c16-9-2-3-10(13(5-9)22(24)25)14(23)11(6-20)12-4-1-8(7-21-12)15(17,18)19/h1-5,7,11H. The Morgan fingerprint density at radius 3 is 2.48 bits per heavy atom. The Morgan fingerprint density at radius 2 is 2.00 bits per heavy atom. The lowest BCUT2D eigenvalue weighted by Gasteiger charge is -2.10. The fraction of sp³-hybridized carbons (Fsp3) is 0.133. The Labute approximate surface area is 143 Å². The van der Waals surface area contributed by atoms with Crippen molar-refractivity contribution in [2.45, 2.75) is 12.1 Å². The number of carbonyl (C=O) groups is 1. The van der Waals surface area contributed by atoms with Crippen LogP contribution in [-0.2, 0) is 6.18 Å². The second-order valence-electron chi connectivity index (χ2n) is 4.81. The molecule has 1 atom stereocenters. The zero-order valence-electron chi connectivity index (χ0n) is 12.1. The Morgan fingerprint density at radius 1 is 1.32 bits per heavy atom. The second-order valence-corrected chi connectivity index (χ2v) is 5.25. The molecule has 0 radical (unpaired) electrons. The average molecular weight is 370 g/mol. The number of Topliss-reactive ketones (excluding diaryl/α,β-unsaturated/α-hetero) is 1. The first-order valence-electron chi connectivity index (χ1n) is 6.56. The normalized spacial score (nSPS) is 12.3. The first-order chi connectivity index (χ1) is 11.6. The monoisotopic (exact) mass is 369 g/mol. The van der Waals surface area contributed by atoms with Crippen molar-refractivity contribution in [1.29, 1.82) is 5.26 Å². The van der Waals surface area contributed by atoms with Crippen LogP contribution < -0.4 is 0 Å². The highest BCUT2D eigenvalue weighted by molar-refractivity contribution is 6.31. The minimum absolute atomic E-state index is 0.0180. The quantitative estimate of drug-likeness (QED) is 0.458. The van der Waals surface area contributed by atoms with Gasteiger partial charge in [0.05, 0.1) is 27.8 Å². The predicted molar refractivity (Wildman–Crippen MR) is 80.0 cm³/mol. The molecule has 10 heteroatoms. The molecule has 0 amide bonds. The highest BCUT2D eigenvalue weighted by Crippen LogP contribution is 2.31. The topological polar surface area (TPSA) is 96.9 Å². The molecule has 25 heavy (non-hydrogen) atoms. The van der Waals surface area contributed by atoms with Gasteiger partial charge in [0.2, 0.25) is 0 Å². The van der Waals surface area contributed by atoms with Gasteiger partial charge in [-0.2, -0.15) is 18.4 Å². The van der Waals surface area contributed by atoms with Crippen molar-refractivity contribution >= 4 is 23.1 Å². The smallest absolute Gasteiger partial charge is 0.292 e. The van der Waals surface area contributed by atoms with Crippen LogP contribution in [0, 0.1) is 21.4 Å². The van der Waals surface area contributed by atoms with E-state index in [1.807, 2.05) is 0 Å². The van der Waals surface area contributed by atoms with E-state index in [2.05, 4.69) is 4.98 Å². The van der Waals surface area contributed by atoms with Gasteiger partial charge in [-0.1, -0.05) is 11.6 Å². The SMILES string of the molecule is N#CC(C(=O)c1ccc(Cl)cc1[N+](=O)[O-])c1ccc(C(F)(F)F)cn1. The Hall–Kier alpha value is -2.99. The summed E-state index contributed by atoms with van der Waals surface area (Å²) >= 11 is 5.66. The van der Waals surface area contributed by atoms with E-state index in [1.54, 1.807) is 6.07 Å². The summed E-state index contributed by atoms with van der Waals surface area (Å²) in [4.78, 5) is 26.2. The summed E-state index contributed by atoms with van der Waals surface area (Å²) in [6.07, 6.45) is -4.13. The number of nitro benzene ring substituents is 1. The lowest BCUT2D eigenvalue weighted by atomic mass is 9.94. The molecule has 1 unspecified atom stereocenters. The Kier molecular flexibility index (Phi) is 5.04. The number of alkyl halides is 3. The number of hydrogen-bond acceptors (Lipinski definition) is 5. The molecule has 0 aliphatic heterocycles. The minimum Gasteiger partial charge on any atom is -0.292 e. The number of benzene rings is 1. The molecule has 1 heterocycles. The van der Waals surface area contributed by atoms with Gasteiger partial charge >= 0.3 is 6.18 Å². The van der Waals surface area contributed by atoms with Gasteiger partial charge in [0.25, 0.3) is 5.69 Å². The fourth-order valence-corrected chi connectivity index (χ4v) is 2.19. The van der Waals surface area contributed by atoms with Crippen LogP contribution in [0.15, 0.2) is 36.5 Å². The Bertz CT molecular complexity index is 876. The molecule has 2 aromatic rings. The van der Waals surface area contributed by atoms with Crippen molar-refractivity contribution in [3.8, 4) is 6.07 Å². The summed E-state index contributed by atoms with van der Waals surface area (Å²) < 4.78 is 37.6. The predicted octanol–water partition coefficient (Wildman–Crippen LogP) is 4.15. The molecule has 128 valence electrons. The first kappa shape index (κ1) is 18.4. The number of carbonyl (C=O) groups excluding carboxylic acids is 1. The van der Waals surface area contributed by atoms with Crippen LogP contribution in [0.5, 0.6) is 0 Å². The van der Waals surface area contributed by atoms with Crippen molar-refractivity contribution in [1.82, 2.24) is 4.98 Å². The van der Waals surface area contributed by atoms with Crippen molar-refractivity contribution < 1.29 is 22.9 Å². The summed E-state index contributed by atoms with van der Waals surface area (Å²) in [5.41, 5.74) is -2.28. The first-order valence-corrected chi connectivity index (χ1v) is 6.94. The Balaban J connectivity index is 2.44. The molecule has 2 rings (SSSR count). The summed E-state index contributed by atoms with van der Waals surface area (Å²) in [5, 5.41) is 20.3. The average Bonchev–Trinajstić information content (AvgIpc) is 2.55. The molecule has 0 aliphatic carbocycles. The molecular weight excluding hydrogens is 363 g/mol. The molecule has 0 saturated carbocycles. The van der Waals surface area contributed by atoms with E-state index >= 15 is 0 Å². The van der Waals surface area contributed by atoms with Gasteiger partial charge in [-0.25, -0.2) is 0 Å². The van der Waals surface area contributed by atoms with E-state index < -0.39 is 34.1 Å². The van der Waals surface area contributed by atoms with Crippen LogP contribution in [0.4, 0.5) is 18.9 Å². The van der Waals surface area contributed by atoms with Gasteiger partial charge in [0.1, 0.15) is 0 Å². The maximum Gasteiger partial charge on any atom is 0.417 e. The number of nitrogens with zero attached hydrogens (tertiary/aromatic N) is 3. The molecule has 0 aliphatic rings. The van der Waals surface area contributed by atoms with Crippen molar-refractivity contribution in [3.63, 3.8) is 0 Å². The van der Waals surface area contributed by atoms with Gasteiger partial charge in [-0.05, 0) is 24.3 Å². The number of nitro groups is 1. The van der Waals surface area contributed by atoms with Crippen LogP contribution in [0.2, 0.25) is 5.02 Å². The fourth-order valence-electron chi connectivity index (χ4n) is 2.02. The highest BCUT2D eigenvalue weighted by Gasteiger charge is 2.33.